The number of hydrogen-bond acceptors (Lipinski definition) is 3. The third kappa shape index (κ3) is 2.80. The zero-order chi connectivity index (χ0) is 17.6. The van der Waals surface area contributed by atoms with Crippen molar-refractivity contribution in [2.75, 3.05) is 0 Å². The Balaban J connectivity index is 2.08. The van der Waals surface area contributed by atoms with Gasteiger partial charge in [0.05, 0.1) is 6.20 Å². The standard InChI is InChI=1S/C17H9Cl3N4O/c18-12-5-1-10(2-6-12)14-9-21-23-16(22-24(20)17(23)25)15(14)11-3-7-13(19)8-4-11/h1-9H. The second kappa shape index (κ2) is 6.19. The Labute approximate surface area is 157 Å². The molecule has 0 aliphatic rings. The molecule has 0 saturated heterocycles. The SMILES string of the molecule is O=c1n(Cl)nc2c(-c3ccc(Cl)cc3)c(-c3ccc(Cl)cc3)cnn12. The highest BCUT2D eigenvalue weighted by Crippen LogP contribution is 2.34. The molecular weight excluding hydrogens is 383 g/mol. The number of rotatable bonds is 2. The van der Waals surface area contributed by atoms with E-state index in [1.807, 2.05) is 24.3 Å². The smallest absolute Gasteiger partial charge is 0.242 e. The maximum Gasteiger partial charge on any atom is 0.382 e. The third-order valence-electron chi connectivity index (χ3n) is 3.81. The first-order valence-corrected chi connectivity index (χ1v) is 8.33. The van der Waals surface area contributed by atoms with Crippen molar-refractivity contribution in [2.45, 2.75) is 0 Å². The van der Waals surface area contributed by atoms with Gasteiger partial charge in [-0.1, -0.05) is 47.5 Å². The molecule has 0 bridgehead atoms. The lowest BCUT2D eigenvalue weighted by Crippen LogP contribution is -2.16. The van der Waals surface area contributed by atoms with Gasteiger partial charge in [0, 0.05) is 32.9 Å². The van der Waals surface area contributed by atoms with Crippen LogP contribution >= 0.6 is 35.0 Å². The van der Waals surface area contributed by atoms with Crippen LogP contribution in [0.1, 0.15) is 0 Å². The highest BCUT2D eigenvalue weighted by Gasteiger charge is 2.18. The predicted molar refractivity (Wildman–Crippen MR) is 99.4 cm³/mol. The number of halogens is 3. The molecule has 4 aromatic rings. The molecule has 0 fully saturated rings. The van der Waals surface area contributed by atoms with Gasteiger partial charge in [0.1, 0.15) is 0 Å². The lowest BCUT2D eigenvalue weighted by atomic mass is 9.97. The van der Waals surface area contributed by atoms with Gasteiger partial charge >= 0.3 is 5.69 Å². The summed E-state index contributed by atoms with van der Waals surface area (Å²) in [7, 11) is 0. The molecule has 25 heavy (non-hydrogen) atoms. The Hall–Kier alpha value is -2.34. The highest BCUT2D eigenvalue weighted by molar-refractivity contribution is 6.31. The minimum atomic E-state index is -0.533. The zero-order valence-corrected chi connectivity index (χ0v) is 14.8. The minimum Gasteiger partial charge on any atom is -0.242 e. The molecule has 0 unspecified atom stereocenters. The van der Waals surface area contributed by atoms with E-state index in [4.69, 9.17) is 35.0 Å². The predicted octanol–water partition coefficient (Wildman–Crippen LogP) is 4.53. The molecule has 5 nitrogen and oxygen atoms in total. The lowest BCUT2D eigenvalue weighted by molar-refractivity contribution is 0.857. The number of hydrogen-bond donors (Lipinski definition) is 0. The van der Waals surface area contributed by atoms with Gasteiger partial charge in [-0.3, -0.25) is 0 Å². The Bertz CT molecular complexity index is 1130. The molecular formula is C17H9Cl3N4O. The molecule has 8 heteroatoms. The molecule has 0 atom stereocenters. The lowest BCUT2D eigenvalue weighted by Gasteiger charge is -2.10. The molecule has 0 amide bonds. The minimum absolute atomic E-state index is 0.356. The fourth-order valence-corrected chi connectivity index (χ4v) is 3.04. The molecule has 0 saturated carbocycles. The van der Waals surface area contributed by atoms with Crippen LogP contribution in [0, 0.1) is 0 Å². The summed E-state index contributed by atoms with van der Waals surface area (Å²) in [6.45, 7) is 0. The van der Waals surface area contributed by atoms with E-state index in [1.165, 1.54) is 0 Å². The topological polar surface area (TPSA) is 52.2 Å². The van der Waals surface area contributed by atoms with Crippen LogP contribution < -0.4 is 5.69 Å². The van der Waals surface area contributed by atoms with E-state index in [0.29, 0.717) is 15.7 Å². The summed E-state index contributed by atoms with van der Waals surface area (Å²) in [5, 5.41) is 9.55. The molecule has 0 aliphatic carbocycles. The number of nitrogens with zero attached hydrogens (tertiary/aromatic N) is 4. The van der Waals surface area contributed by atoms with Crippen molar-refractivity contribution in [3.63, 3.8) is 0 Å². The van der Waals surface area contributed by atoms with Crippen LogP contribution in [0.3, 0.4) is 0 Å². The highest BCUT2D eigenvalue weighted by atomic mass is 35.5. The van der Waals surface area contributed by atoms with Crippen molar-refractivity contribution in [2.24, 2.45) is 0 Å². The Morgan fingerprint density at radius 3 is 2.00 bits per heavy atom. The quantitative estimate of drug-likeness (QED) is 0.504. The van der Waals surface area contributed by atoms with Crippen molar-refractivity contribution in [3.05, 3.63) is 75.3 Å². The monoisotopic (exact) mass is 390 g/mol. The van der Waals surface area contributed by atoms with Gasteiger partial charge in [-0.25, -0.2) is 4.79 Å². The van der Waals surface area contributed by atoms with Crippen LogP contribution in [-0.2, 0) is 0 Å². The Morgan fingerprint density at radius 1 is 0.840 bits per heavy atom. The van der Waals surface area contributed by atoms with Crippen molar-refractivity contribution in [1.29, 1.82) is 0 Å². The van der Waals surface area contributed by atoms with Gasteiger partial charge in [-0.2, -0.15) is 9.61 Å². The van der Waals surface area contributed by atoms with Gasteiger partial charge in [-0.05, 0) is 35.4 Å². The second-order valence-electron chi connectivity index (χ2n) is 5.33. The summed E-state index contributed by atoms with van der Waals surface area (Å²) in [5.74, 6) is 0. The van der Waals surface area contributed by atoms with E-state index in [0.717, 1.165) is 31.0 Å². The maximum atomic E-state index is 12.1. The van der Waals surface area contributed by atoms with Crippen LogP contribution in [0.2, 0.25) is 10.0 Å². The molecule has 0 spiro atoms. The molecule has 0 radical (unpaired) electrons. The molecule has 124 valence electrons. The van der Waals surface area contributed by atoms with Crippen molar-refractivity contribution < 1.29 is 0 Å². The number of benzene rings is 2. The van der Waals surface area contributed by atoms with Crippen LogP contribution in [0.25, 0.3) is 27.9 Å². The Morgan fingerprint density at radius 2 is 1.40 bits per heavy atom. The van der Waals surface area contributed by atoms with Crippen LogP contribution in [0.4, 0.5) is 0 Å². The van der Waals surface area contributed by atoms with E-state index in [-0.39, 0.29) is 0 Å². The van der Waals surface area contributed by atoms with Gasteiger partial charge in [-0.15, -0.1) is 9.30 Å². The first-order valence-electron chi connectivity index (χ1n) is 7.24. The zero-order valence-electron chi connectivity index (χ0n) is 12.5. The van der Waals surface area contributed by atoms with E-state index in [9.17, 15) is 4.79 Å². The maximum absolute atomic E-state index is 12.1. The number of aromatic nitrogens is 4. The van der Waals surface area contributed by atoms with Gasteiger partial charge in [0.25, 0.3) is 0 Å². The molecule has 0 N–H and O–H groups in total. The van der Waals surface area contributed by atoms with Crippen molar-refractivity contribution >= 4 is 40.6 Å². The van der Waals surface area contributed by atoms with E-state index >= 15 is 0 Å². The van der Waals surface area contributed by atoms with Crippen molar-refractivity contribution in [3.8, 4) is 22.3 Å². The molecule has 2 heterocycles. The third-order valence-corrected chi connectivity index (χ3v) is 4.53. The summed E-state index contributed by atoms with van der Waals surface area (Å²) in [6, 6.07) is 14.6. The molecule has 0 aliphatic heterocycles. The van der Waals surface area contributed by atoms with Gasteiger partial charge < -0.3 is 0 Å². The average Bonchev–Trinajstić information content (AvgIpc) is 2.90. The normalized spacial score (nSPS) is 11.2. The summed E-state index contributed by atoms with van der Waals surface area (Å²) in [4.78, 5) is 12.1. The van der Waals surface area contributed by atoms with Crippen LogP contribution in [0.5, 0.6) is 0 Å². The number of fused-ring (bicyclic) bond motifs is 1. The average molecular weight is 392 g/mol. The van der Waals surface area contributed by atoms with E-state index < -0.39 is 5.69 Å². The van der Waals surface area contributed by atoms with Crippen molar-refractivity contribution in [1.82, 2.24) is 18.9 Å². The molecule has 4 rings (SSSR count). The summed E-state index contributed by atoms with van der Waals surface area (Å²) in [5.41, 5.74) is 3.08. The summed E-state index contributed by atoms with van der Waals surface area (Å²) < 4.78 is 1.91. The first-order chi connectivity index (χ1) is 12.0. The Kier molecular flexibility index (Phi) is 4.00. The fraction of sp³-hybridized carbons (Fsp3) is 0. The first kappa shape index (κ1) is 16.1. The van der Waals surface area contributed by atoms with Crippen LogP contribution in [0.15, 0.2) is 59.5 Å². The second-order valence-corrected chi connectivity index (χ2v) is 6.52. The molecule has 2 aromatic carbocycles. The largest absolute Gasteiger partial charge is 0.382 e. The summed E-state index contributed by atoms with van der Waals surface area (Å²) in [6.07, 6.45) is 1.61. The fourth-order valence-electron chi connectivity index (χ4n) is 2.65. The van der Waals surface area contributed by atoms with E-state index in [2.05, 4.69) is 10.2 Å². The van der Waals surface area contributed by atoms with Gasteiger partial charge in [0.15, 0.2) is 5.65 Å². The van der Waals surface area contributed by atoms with E-state index in [1.54, 1.807) is 30.5 Å². The van der Waals surface area contributed by atoms with Crippen LogP contribution in [-0.4, -0.2) is 18.9 Å². The van der Waals surface area contributed by atoms with Gasteiger partial charge in [0.2, 0.25) is 0 Å². The molecule has 2 aromatic heterocycles. The summed E-state index contributed by atoms with van der Waals surface area (Å²) >= 11 is 17.8.